The molecule has 0 aliphatic carbocycles. The highest BCUT2D eigenvalue weighted by atomic mass is 16.5. The molecule has 32 nitrogen and oxygen atoms in total. The van der Waals surface area contributed by atoms with Crippen LogP contribution in [0.25, 0.3) is 12.2 Å². The maximum atomic E-state index is 14.6. The second kappa shape index (κ2) is 53.8. The molecule has 0 spiro atoms. The summed E-state index contributed by atoms with van der Waals surface area (Å²) in [7, 11) is 8.51. The zero-order valence-electron chi connectivity index (χ0n) is 85.2. The van der Waals surface area contributed by atoms with Crippen LogP contribution in [-0.2, 0) is 70.4 Å². The van der Waals surface area contributed by atoms with Gasteiger partial charge in [-0.25, -0.2) is 4.98 Å². The van der Waals surface area contributed by atoms with Gasteiger partial charge in [0.2, 0.25) is 66.4 Å². The van der Waals surface area contributed by atoms with Crippen LogP contribution in [0.4, 0.5) is 0 Å². The molecule has 658 valence electrons. The molecule has 1 aliphatic rings. The monoisotopic (exact) mass is 1660 g/mol. The Bertz CT molecular complexity index is 4380. The molecular formula is C86H139N17O15. The fourth-order valence-electron chi connectivity index (χ4n) is 11.9. The van der Waals surface area contributed by atoms with Crippen molar-refractivity contribution < 1.29 is 86.5 Å². The molecule has 118 heavy (non-hydrogen) atoms. The lowest BCUT2D eigenvalue weighted by molar-refractivity contribution is -0.152. The Morgan fingerprint density at radius 1 is 0.729 bits per heavy atom. The number of ether oxygens (including phenoxy) is 1. The lowest BCUT2D eigenvalue weighted by Gasteiger charge is -2.38. The zero-order chi connectivity index (χ0) is 99.4. The minimum Gasteiger partial charge on any atom is -0.493 e. The second-order valence-corrected chi connectivity index (χ2v) is 31.1. The number of likely N-dealkylation sites (N-methyl/N-ethyl adjacent to an activating group) is 6. The van der Waals surface area contributed by atoms with Crippen molar-refractivity contribution in [1.82, 2.24) is 81.9 Å². The van der Waals surface area contributed by atoms with E-state index < -0.39 is 164 Å². The molecule has 0 saturated carbocycles. The second-order valence-electron chi connectivity index (χ2n) is 31.1. The molecule has 4 aromatic rings. The molecule has 3 aromatic carbocycles. The van der Waals surface area contributed by atoms with Crippen molar-refractivity contribution in [3.8, 4) is 5.75 Å². The number of rotatable bonds is 25. The van der Waals surface area contributed by atoms with E-state index in [1.165, 1.54) is 92.5 Å². The number of nitrogens with zero attached hydrogens (tertiary/aromatic N) is 7. The average Bonchev–Trinajstić information content (AvgIpc) is 1.69. The molecule has 1 fully saturated rings. The van der Waals surface area contributed by atoms with Gasteiger partial charge in [-0.1, -0.05) is 156 Å². The number of carbonyl (C=O) groups is 12. The fraction of sp³-hybridized carbons (Fsp3) is 0.605. The van der Waals surface area contributed by atoms with E-state index in [1.807, 2.05) is 18.2 Å². The Balaban J connectivity index is 0.000000829. The minimum absolute atomic E-state index is 0.0541. The summed E-state index contributed by atoms with van der Waals surface area (Å²) >= 11 is 0. The molecule has 12 N–H and O–H groups in total. The number of aromatic amines is 1. The number of hydrogen-bond donors (Lipinski definition) is 12. The summed E-state index contributed by atoms with van der Waals surface area (Å²) in [6.07, 6.45) is 4.53. The molecule has 11 amide bonds. The number of carboxylic acid groups (broad SMARTS) is 1. The quantitative estimate of drug-likeness (QED) is 0.0170. The summed E-state index contributed by atoms with van der Waals surface area (Å²) in [6.45, 7) is 24.3. The number of hydrogen-bond acceptors (Lipinski definition) is 18. The third-order valence-corrected chi connectivity index (χ3v) is 18.7. The van der Waals surface area contributed by atoms with E-state index in [1.54, 1.807) is 58.9 Å². The maximum absolute atomic E-state index is 14.6. The Morgan fingerprint density at radius 2 is 1.38 bits per heavy atom. The van der Waals surface area contributed by atoms with Gasteiger partial charge in [0.25, 0.3) is 1.43 Å². The predicted molar refractivity (Wildman–Crippen MR) is 459 cm³/mol. The van der Waals surface area contributed by atoms with Crippen LogP contribution >= 0.6 is 0 Å². The van der Waals surface area contributed by atoms with Gasteiger partial charge in [0.05, 0.1) is 64.7 Å². The van der Waals surface area contributed by atoms with E-state index in [-0.39, 0.29) is 59.8 Å². The van der Waals surface area contributed by atoms with Crippen molar-refractivity contribution in [2.75, 3.05) is 102 Å². The van der Waals surface area contributed by atoms with Gasteiger partial charge in [-0.15, -0.1) is 0 Å². The first-order valence-electron chi connectivity index (χ1n) is 45.5. The number of allylic oxidation sites excluding steroid dienone is 2. The molecule has 0 bridgehead atoms. The number of fused-ring (bicyclic) bond motifs is 1. The van der Waals surface area contributed by atoms with Crippen molar-refractivity contribution in [3.63, 3.8) is 0 Å². The highest BCUT2D eigenvalue weighted by molar-refractivity contribution is 5.98. The highest BCUT2D eigenvalue weighted by Gasteiger charge is 2.41. The van der Waals surface area contributed by atoms with Crippen molar-refractivity contribution in [1.29, 1.82) is 8.27 Å². The molecular weight excluding hydrogens is 1510 g/mol. The van der Waals surface area contributed by atoms with E-state index in [0.29, 0.717) is 53.8 Å². The van der Waals surface area contributed by atoms with Crippen LogP contribution in [0.3, 0.4) is 0 Å². The first-order valence-corrected chi connectivity index (χ1v) is 40.1. The van der Waals surface area contributed by atoms with Gasteiger partial charge in [-0.2, -0.15) is 0 Å². The van der Waals surface area contributed by atoms with Gasteiger partial charge in [0, 0.05) is 87.3 Å². The molecule has 1 aliphatic heterocycles. The van der Waals surface area contributed by atoms with E-state index in [0.717, 1.165) is 90.7 Å². The standard InChI is InChI=1S/C47H81N11O12.C17H23NO.C13H18O2.C9H17N5/c1-16-18-19-20-33(59)41-43(66)51-31(17-2)45(68)55(12)26-38(64)53(10)25-36(62)52-39(28(5)6)46(69)56(13)32(21-27(3)4)42(65)49-22-34(60)50-30(9)44(67)54(11)24-35(61)48-23-37(63)57(14)40(29(7)8)47(70)58(41)15;1-13(2)18-11-14(3)12-19-17-10-6-8-15-7-4-5-9-16(15)17;1-9(2)8-11-4-6-12(7-5-11)10(3)13(14)15;1-11-9(10)13-5-3-2-4-8-6-12-7-14-8/h16,18,27-33,39-41,59H,17,19-26H2,1-15H3,(H,48,61)(H,49,65)(H,50,60)(H,51,66)(H,52,62);4-10,13-14,18H,11-12H2,1-3H3;4-7,9-10H,8H2,1-3H3,(H,14,15);6-7H,2-5H2,1H3,(H,12,14)(H3,10,11,13)/b18-16+;;;/i33D,59D;;10D;7D/hD8. The molecule has 9 atom stereocenters. The van der Waals surface area contributed by atoms with Crippen LogP contribution in [0.15, 0.2) is 91.4 Å². The largest absolute Gasteiger partial charge is 0.493 e. The normalized spacial score (nSPS) is 21.9. The Hall–Kier alpha value is -10.5. The number of H-pyrrole nitrogens is 1. The van der Waals surface area contributed by atoms with Gasteiger partial charge < -0.3 is 91.8 Å². The van der Waals surface area contributed by atoms with Crippen LogP contribution in [0.5, 0.6) is 5.75 Å². The number of benzene rings is 3. The molecule has 2 heterocycles. The van der Waals surface area contributed by atoms with Gasteiger partial charge in [0.1, 0.15) is 43.4 Å². The van der Waals surface area contributed by atoms with Crippen molar-refractivity contribution >= 4 is 87.7 Å². The number of guanidine groups is 1. The molecule has 32 heteroatoms. The first-order chi connectivity index (χ1) is 60.5. The Labute approximate surface area is 716 Å². The lowest BCUT2D eigenvalue weighted by atomic mass is 9.97. The van der Waals surface area contributed by atoms with Crippen LogP contribution in [0, 0.1) is 35.0 Å². The zero-order valence-corrected chi connectivity index (χ0v) is 73.2. The van der Waals surface area contributed by atoms with E-state index in [9.17, 15) is 58.9 Å². The Morgan fingerprint density at radius 3 is 1.97 bits per heavy atom. The number of carbonyl (C=O) groups excluding carboxylic acids is 11. The predicted octanol–water partition coefficient (Wildman–Crippen LogP) is 5.45. The van der Waals surface area contributed by atoms with Gasteiger partial charge in [-0.3, -0.25) is 62.9 Å². The van der Waals surface area contributed by atoms with E-state index >= 15 is 0 Å². The molecule has 5 rings (SSSR count). The number of aromatic nitrogens is 2. The van der Waals surface area contributed by atoms with Crippen LogP contribution in [0.2, 0.25) is 9.88 Å². The van der Waals surface area contributed by atoms with Gasteiger partial charge in [-0.05, 0) is 118 Å². The number of aliphatic carboxylic acids is 1. The van der Waals surface area contributed by atoms with E-state index in [4.69, 9.17) is 30.7 Å². The number of aliphatic hydroxyl groups is 1. The fourth-order valence-corrected chi connectivity index (χ4v) is 11.9. The highest BCUT2D eigenvalue weighted by Crippen LogP contribution is 2.26. The molecule has 0 radical (unpaired) electrons. The summed E-state index contributed by atoms with van der Waals surface area (Å²) in [5.74, 6) is -13.3. The van der Waals surface area contributed by atoms with Crippen molar-refractivity contribution in [2.45, 2.75) is 209 Å². The number of aryl methyl sites for hydroxylation is 1. The summed E-state index contributed by atoms with van der Waals surface area (Å²) in [4.78, 5) is 173. The van der Waals surface area contributed by atoms with E-state index in [2.05, 4.69) is 91.7 Å². The number of nitrogens with one attached hydrogen (secondary N) is 10. The summed E-state index contributed by atoms with van der Waals surface area (Å²) in [6, 6.07) is 12.7. The van der Waals surface area contributed by atoms with Crippen molar-refractivity contribution in [2.24, 2.45) is 29.6 Å². The Kier molecular flexibility index (Phi) is 38.3. The van der Waals surface area contributed by atoms with Crippen LogP contribution < -0.4 is 47.2 Å². The van der Waals surface area contributed by atoms with Crippen LogP contribution in [0.1, 0.15) is 169 Å². The first kappa shape index (κ1) is 84.0. The number of amides is 11. The SMILES string of the molecule is CC(CNC(C)C)COc1cccc2ccccc12.[2H]OC(=O)C([2H])(C)c1ccc(CC(C)C)cc1.[2H]OC([2H])(CC/C=C/C)C1C(=O)N([2H])C(CC)C(=O)N(C)CC(=O)N(C)CC(=O)N([2H])C(C(C)C)C(=O)N(C)C(CC(C)C)C(=O)N([2H])CC(=O)N([2H])C(C)C(=O)N(C)CC(=O)NCC(=O)N(C)C(C(C)C)C(=O)N1C.[2H]c1nc(CCCCN([2H])C(=N)N([2H])C)cn1[2H]. The summed E-state index contributed by atoms with van der Waals surface area (Å²) < 4.78 is 102. The minimum atomic E-state index is -2.59. The summed E-state index contributed by atoms with van der Waals surface area (Å²) in [5, 5.41) is 27.2. The average molecular weight is 1660 g/mol. The lowest BCUT2D eigenvalue weighted by Crippen LogP contribution is -2.61. The van der Waals surface area contributed by atoms with Gasteiger partial charge >= 0.3 is 5.97 Å². The summed E-state index contributed by atoms with van der Waals surface area (Å²) in [5.41, 5.74) is 2.42. The smallest absolute Gasteiger partial charge is 0.310 e. The third kappa shape index (κ3) is 37.0. The third-order valence-electron chi connectivity index (χ3n) is 18.7. The maximum Gasteiger partial charge on any atom is 0.310 e. The molecule has 1 aromatic heterocycles. The molecule has 1 saturated heterocycles. The number of imidazole rings is 1. The van der Waals surface area contributed by atoms with Gasteiger partial charge in [0.15, 0.2) is 15.8 Å². The molecule has 9 unspecified atom stereocenters. The van der Waals surface area contributed by atoms with Crippen LogP contribution in [-0.4, -0.2) is 278 Å². The number of carboxylic acids is 1. The topological polar surface area (TPSA) is 423 Å². The van der Waals surface area contributed by atoms with Crippen molar-refractivity contribution in [3.05, 3.63) is 108 Å². The number of unbranched alkanes of at least 4 members (excludes halogenated alkanes) is 1.